The molecule has 0 saturated carbocycles. The summed E-state index contributed by atoms with van der Waals surface area (Å²) in [6.45, 7) is 2.41. The van der Waals surface area contributed by atoms with Crippen LogP contribution >= 0.6 is 15.9 Å². The first-order valence-electron chi connectivity index (χ1n) is 9.31. The van der Waals surface area contributed by atoms with Gasteiger partial charge in [-0.05, 0) is 55.4 Å². The van der Waals surface area contributed by atoms with E-state index in [1.165, 1.54) is 5.56 Å². The number of halogens is 1. The van der Waals surface area contributed by atoms with Gasteiger partial charge in [-0.3, -0.25) is 4.79 Å². The average Bonchev–Trinajstić information content (AvgIpc) is 2.72. The predicted molar refractivity (Wildman–Crippen MR) is 120 cm³/mol. The van der Waals surface area contributed by atoms with Gasteiger partial charge in [0.1, 0.15) is 0 Å². The number of benzene rings is 2. The Balaban J connectivity index is 1.74. The molecule has 7 nitrogen and oxygen atoms in total. The largest absolute Gasteiger partial charge is 0.450 e. The first kappa shape index (κ1) is 21.0. The summed E-state index contributed by atoms with van der Waals surface area (Å²) in [5.41, 5.74) is 8.43. The molecule has 0 aromatic heterocycles. The van der Waals surface area contributed by atoms with E-state index in [9.17, 15) is 4.79 Å². The molecule has 1 heterocycles. The molecule has 152 valence electrons. The van der Waals surface area contributed by atoms with Crippen molar-refractivity contribution in [1.29, 1.82) is 0 Å². The lowest BCUT2D eigenvalue weighted by Gasteiger charge is -2.24. The second-order valence-electron chi connectivity index (χ2n) is 6.54. The van der Waals surface area contributed by atoms with Gasteiger partial charge in [0.15, 0.2) is 17.3 Å². The lowest BCUT2D eigenvalue weighted by molar-refractivity contribution is -0.106. The maximum Gasteiger partial charge on any atom is 0.234 e. The van der Waals surface area contributed by atoms with Crippen LogP contribution in [0.15, 0.2) is 63.9 Å². The van der Waals surface area contributed by atoms with Gasteiger partial charge in [0.2, 0.25) is 6.41 Å². The standard InChI is InChI=1S/C21H24BrN5O2/c1-27(17-6-3-15(4-7-17)12-24-10-2-9-23)13-20-21(25-14-28)26-18-11-16(22)5-8-19(18)29-20/h3-8,11,13-14,24H,2,9-10,12,23H2,1H3,(H,25,26,28)/b20-13+. The molecule has 0 saturated heterocycles. The Morgan fingerprint density at radius 3 is 2.79 bits per heavy atom. The minimum absolute atomic E-state index is 0.359. The summed E-state index contributed by atoms with van der Waals surface area (Å²) < 4.78 is 6.87. The number of nitrogens with zero attached hydrogens (tertiary/aromatic N) is 2. The predicted octanol–water partition coefficient (Wildman–Crippen LogP) is 3.22. The van der Waals surface area contributed by atoms with E-state index in [0.717, 1.165) is 35.4 Å². The van der Waals surface area contributed by atoms with Crippen LogP contribution in [0.3, 0.4) is 0 Å². The summed E-state index contributed by atoms with van der Waals surface area (Å²) in [5.74, 6) is 1.48. The highest BCUT2D eigenvalue weighted by molar-refractivity contribution is 9.10. The summed E-state index contributed by atoms with van der Waals surface area (Å²) in [5, 5.41) is 6.50. The molecule has 2 aromatic carbocycles. The third kappa shape index (κ3) is 5.66. The van der Waals surface area contributed by atoms with Crippen molar-refractivity contribution < 1.29 is 9.53 Å². The molecule has 1 amide bonds. The quantitative estimate of drug-likeness (QED) is 0.416. The molecule has 0 spiro atoms. The normalized spacial score (nSPS) is 15.6. The summed E-state index contributed by atoms with van der Waals surface area (Å²) in [6.07, 6.45) is 3.26. The molecule has 1 aliphatic heterocycles. The fourth-order valence-corrected chi connectivity index (χ4v) is 3.20. The second kappa shape index (κ2) is 10.2. The lowest BCUT2D eigenvalue weighted by atomic mass is 10.2. The van der Waals surface area contributed by atoms with Crippen molar-refractivity contribution in [3.05, 3.63) is 64.5 Å². The topological polar surface area (TPSA) is 92.0 Å². The Morgan fingerprint density at radius 2 is 2.07 bits per heavy atom. The highest BCUT2D eigenvalue weighted by atomic mass is 79.9. The zero-order valence-electron chi connectivity index (χ0n) is 16.2. The van der Waals surface area contributed by atoms with Crippen LogP contribution in [-0.4, -0.2) is 32.4 Å². The average molecular weight is 458 g/mol. The maximum atomic E-state index is 11.0. The molecule has 8 heteroatoms. The maximum absolute atomic E-state index is 11.0. The van der Waals surface area contributed by atoms with E-state index in [4.69, 9.17) is 10.5 Å². The van der Waals surface area contributed by atoms with Crippen LogP contribution < -0.4 is 26.0 Å². The van der Waals surface area contributed by atoms with Gasteiger partial charge in [-0.25, -0.2) is 0 Å². The molecule has 1 aliphatic rings. The van der Waals surface area contributed by atoms with Crippen molar-refractivity contribution in [3.8, 4) is 5.75 Å². The van der Waals surface area contributed by atoms with Gasteiger partial charge in [-0.15, -0.1) is 0 Å². The van der Waals surface area contributed by atoms with Crippen molar-refractivity contribution in [2.24, 2.45) is 10.7 Å². The number of nitrogens with one attached hydrogen (secondary N) is 2. The highest BCUT2D eigenvalue weighted by Crippen LogP contribution is 2.33. The number of carbonyl (C=O) groups is 1. The minimum Gasteiger partial charge on any atom is -0.450 e. The molecular weight excluding hydrogens is 434 g/mol. The number of amides is 1. The van der Waals surface area contributed by atoms with Gasteiger partial charge < -0.3 is 26.0 Å². The molecular formula is C21H24BrN5O2. The van der Waals surface area contributed by atoms with Crippen LogP contribution in [0.25, 0.3) is 0 Å². The molecule has 29 heavy (non-hydrogen) atoms. The van der Waals surface area contributed by atoms with Crippen LogP contribution in [0, 0.1) is 0 Å². The summed E-state index contributed by atoms with van der Waals surface area (Å²) >= 11 is 3.43. The molecule has 0 unspecified atom stereocenters. The van der Waals surface area contributed by atoms with Gasteiger partial charge in [0.25, 0.3) is 0 Å². The van der Waals surface area contributed by atoms with E-state index < -0.39 is 0 Å². The van der Waals surface area contributed by atoms with Crippen LogP contribution in [0.5, 0.6) is 5.75 Å². The van der Waals surface area contributed by atoms with Gasteiger partial charge >= 0.3 is 0 Å². The summed E-state index contributed by atoms with van der Waals surface area (Å²) in [6, 6.07) is 13.8. The van der Waals surface area contributed by atoms with Crippen molar-refractivity contribution >= 4 is 39.6 Å². The smallest absolute Gasteiger partial charge is 0.234 e. The van der Waals surface area contributed by atoms with Gasteiger partial charge in [0, 0.05) is 23.8 Å². The first-order valence-corrected chi connectivity index (χ1v) is 10.1. The van der Waals surface area contributed by atoms with E-state index >= 15 is 0 Å². The SMILES string of the molecule is CN(/C=C1/Oc2ccc(Br)cc2N/C1=N/C=O)c1ccc(CNCCCN)cc1. The Hall–Kier alpha value is -2.68. The minimum atomic E-state index is 0.359. The zero-order chi connectivity index (χ0) is 20.6. The molecule has 3 rings (SSSR count). The number of fused-ring (bicyclic) bond motifs is 1. The monoisotopic (exact) mass is 457 g/mol. The molecule has 0 aliphatic carbocycles. The van der Waals surface area contributed by atoms with E-state index in [2.05, 4.69) is 43.7 Å². The number of nitrogens with two attached hydrogens (primary N) is 1. The highest BCUT2D eigenvalue weighted by Gasteiger charge is 2.21. The van der Waals surface area contributed by atoms with Crippen LogP contribution in [-0.2, 0) is 11.3 Å². The van der Waals surface area contributed by atoms with Crippen LogP contribution in [0.4, 0.5) is 11.4 Å². The van der Waals surface area contributed by atoms with E-state index in [1.54, 1.807) is 6.20 Å². The molecule has 4 N–H and O–H groups in total. The number of hydrogen-bond acceptors (Lipinski definition) is 5. The van der Waals surface area contributed by atoms with Crippen molar-refractivity contribution in [1.82, 2.24) is 5.32 Å². The number of aliphatic imine (C=N–C) groups is 1. The van der Waals surface area contributed by atoms with Gasteiger partial charge in [-0.1, -0.05) is 28.1 Å². The summed E-state index contributed by atoms with van der Waals surface area (Å²) in [4.78, 5) is 16.8. The Kier molecular flexibility index (Phi) is 7.40. The first-order chi connectivity index (χ1) is 14.1. The fraction of sp³-hybridized carbons (Fsp3) is 0.238. The number of rotatable bonds is 8. The van der Waals surface area contributed by atoms with Crippen LogP contribution in [0.2, 0.25) is 0 Å². The third-order valence-electron chi connectivity index (χ3n) is 4.37. The van der Waals surface area contributed by atoms with Gasteiger partial charge in [0.05, 0.1) is 11.9 Å². The lowest BCUT2D eigenvalue weighted by Crippen LogP contribution is -2.26. The van der Waals surface area contributed by atoms with E-state index in [-0.39, 0.29) is 0 Å². The summed E-state index contributed by atoms with van der Waals surface area (Å²) in [7, 11) is 1.92. The molecule has 0 bridgehead atoms. The fourth-order valence-electron chi connectivity index (χ4n) is 2.84. The van der Waals surface area contributed by atoms with E-state index in [0.29, 0.717) is 30.3 Å². The molecule has 0 radical (unpaired) electrons. The Morgan fingerprint density at radius 1 is 1.28 bits per heavy atom. The number of hydrogen-bond donors (Lipinski definition) is 3. The number of carbonyl (C=O) groups excluding carboxylic acids is 1. The van der Waals surface area contributed by atoms with Crippen molar-refractivity contribution in [2.75, 3.05) is 30.4 Å². The van der Waals surface area contributed by atoms with Crippen LogP contribution in [0.1, 0.15) is 12.0 Å². The van der Waals surface area contributed by atoms with Crippen molar-refractivity contribution in [3.63, 3.8) is 0 Å². The Bertz CT molecular complexity index is 912. The van der Waals surface area contributed by atoms with E-state index in [1.807, 2.05) is 42.3 Å². The number of anilines is 2. The Labute approximate surface area is 178 Å². The second-order valence-corrected chi connectivity index (χ2v) is 7.46. The molecule has 0 atom stereocenters. The zero-order valence-corrected chi connectivity index (χ0v) is 17.8. The molecule has 0 fully saturated rings. The number of amidine groups is 1. The van der Waals surface area contributed by atoms with Gasteiger partial charge in [-0.2, -0.15) is 4.99 Å². The van der Waals surface area contributed by atoms with Crippen molar-refractivity contribution in [2.45, 2.75) is 13.0 Å². The molecule has 2 aromatic rings. The third-order valence-corrected chi connectivity index (χ3v) is 4.86. The number of ether oxygens (including phenoxy) is 1.